The highest BCUT2D eigenvalue weighted by Crippen LogP contribution is 2.60. The van der Waals surface area contributed by atoms with E-state index >= 15 is 0 Å². The first-order valence-corrected chi connectivity index (χ1v) is 9.80. The quantitative estimate of drug-likeness (QED) is 0.885. The lowest BCUT2D eigenvalue weighted by Crippen LogP contribution is -2.62. The molecule has 5 rings (SSSR count). The van der Waals surface area contributed by atoms with Crippen molar-refractivity contribution in [2.45, 2.75) is 49.0 Å². The minimum atomic E-state index is -3.60. The van der Waals surface area contributed by atoms with E-state index in [1.807, 2.05) is 0 Å². The first-order chi connectivity index (χ1) is 10.8. The van der Waals surface area contributed by atoms with Crippen LogP contribution < -0.4 is 10.5 Å². The summed E-state index contributed by atoms with van der Waals surface area (Å²) in [6, 6.07) is 4.96. The van der Waals surface area contributed by atoms with Crippen molar-refractivity contribution in [3.05, 3.63) is 30.1 Å². The number of sulfonamides is 1. The van der Waals surface area contributed by atoms with Gasteiger partial charge in [0.1, 0.15) is 5.82 Å². The van der Waals surface area contributed by atoms with Crippen molar-refractivity contribution in [1.29, 1.82) is 0 Å². The highest BCUT2D eigenvalue weighted by Gasteiger charge is 2.56. The van der Waals surface area contributed by atoms with Crippen LogP contribution in [-0.2, 0) is 10.0 Å². The maximum atomic E-state index is 13.0. The number of hydrogen-bond donors (Lipinski definition) is 2. The molecule has 4 aliphatic rings. The number of rotatable bonds is 4. The summed E-state index contributed by atoms with van der Waals surface area (Å²) in [6.07, 6.45) is 6.51. The first-order valence-electron chi connectivity index (χ1n) is 8.32. The standard InChI is InChI=1S/C17H23FN2O2S/c18-14-1-3-15(4-2-14)23(21,22)20-11-16-6-12-5-13(7-16)9-17(19,8-12)10-16/h1-4,12-13,20H,5-11,19H2. The van der Waals surface area contributed by atoms with Gasteiger partial charge in [0.05, 0.1) is 4.90 Å². The molecule has 4 aliphatic carbocycles. The molecule has 0 radical (unpaired) electrons. The van der Waals surface area contributed by atoms with Gasteiger partial charge in [-0.2, -0.15) is 0 Å². The predicted molar refractivity (Wildman–Crippen MR) is 85.6 cm³/mol. The summed E-state index contributed by atoms with van der Waals surface area (Å²) in [5.41, 5.74) is 6.47. The zero-order chi connectivity index (χ0) is 16.3. The van der Waals surface area contributed by atoms with Crippen molar-refractivity contribution in [3.8, 4) is 0 Å². The van der Waals surface area contributed by atoms with E-state index in [0.29, 0.717) is 18.4 Å². The van der Waals surface area contributed by atoms with Crippen LogP contribution in [0.5, 0.6) is 0 Å². The monoisotopic (exact) mass is 338 g/mol. The molecule has 0 aromatic heterocycles. The molecule has 6 heteroatoms. The van der Waals surface area contributed by atoms with Gasteiger partial charge in [-0.1, -0.05) is 0 Å². The van der Waals surface area contributed by atoms with Crippen LogP contribution in [0.1, 0.15) is 38.5 Å². The third-order valence-corrected chi connectivity index (χ3v) is 7.41. The van der Waals surface area contributed by atoms with Crippen molar-refractivity contribution in [2.24, 2.45) is 23.0 Å². The summed E-state index contributed by atoms with van der Waals surface area (Å²) >= 11 is 0. The molecule has 4 saturated carbocycles. The third kappa shape index (κ3) is 2.81. The van der Waals surface area contributed by atoms with Crippen molar-refractivity contribution < 1.29 is 12.8 Å². The summed E-state index contributed by atoms with van der Waals surface area (Å²) in [5.74, 6) is 0.864. The van der Waals surface area contributed by atoms with Crippen LogP contribution in [-0.4, -0.2) is 20.5 Å². The molecule has 4 nitrogen and oxygen atoms in total. The summed E-state index contributed by atoms with van der Waals surface area (Å²) in [5, 5.41) is 0. The fourth-order valence-electron chi connectivity index (χ4n) is 5.68. The Morgan fingerprint density at radius 1 is 1.13 bits per heavy atom. The number of halogens is 1. The summed E-state index contributed by atoms with van der Waals surface area (Å²) in [6.45, 7) is 0.443. The molecule has 2 unspecified atom stereocenters. The second kappa shape index (κ2) is 5.01. The van der Waals surface area contributed by atoms with Gasteiger partial charge in [-0.25, -0.2) is 17.5 Å². The van der Waals surface area contributed by atoms with Crippen LogP contribution >= 0.6 is 0 Å². The highest BCUT2D eigenvalue weighted by molar-refractivity contribution is 7.89. The summed E-state index contributed by atoms with van der Waals surface area (Å²) < 4.78 is 40.6. The molecule has 0 heterocycles. The van der Waals surface area contributed by atoms with Gasteiger partial charge in [-0.05, 0) is 80.0 Å². The van der Waals surface area contributed by atoms with Gasteiger partial charge in [0.25, 0.3) is 0 Å². The van der Waals surface area contributed by atoms with Crippen molar-refractivity contribution in [1.82, 2.24) is 4.72 Å². The second-order valence-electron chi connectivity index (χ2n) is 8.10. The number of benzene rings is 1. The molecule has 0 aliphatic heterocycles. The predicted octanol–water partition coefficient (Wildman–Crippen LogP) is 2.40. The van der Waals surface area contributed by atoms with Gasteiger partial charge in [0.2, 0.25) is 10.0 Å². The Kier molecular flexibility index (Phi) is 3.38. The van der Waals surface area contributed by atoms with Crippen molar-refractivity contribution in [3.63, 3.8) is 0 Å². The van der Waals surface area contributed by atoms with E-state index in [0.717, 1.165) is 32.1 Å². The molecule has 1 aromatic carbocycles. The zero-order valence-electron chi connectivity index (χ0n) is 13.1. The van der Waals surface area contributed by atoms with E-state index in [-0.39, 0.29) is 15.8 Å². The normalized spacial score (nSPS) is 38.9. The lowest BCUT2D eigenvalue weighted by Gasteiger charge is -2.61. The van der Waals surface area contributed by atoms with E-state index in [4.69, 9.17) is 5.73 Å². The van der Waals surface area contributed by atoms with Crippen LogP contribution in [0, 0.1) is 23.1 Å². The summed E-state index contributed by atoms with van der Waals surface area (Å²) in [7, 11) is -3.60. The van der Waals surface area contributed by atoms with Crippen LogP contribution in [0.2, 0.25) is 0 Å². The Morgan fingerprint density at radius 3 is 2.30 bits per heavy atom. The fourth-order valence-corrected chi connectivity index (χ4v) is 6.84. The van der Waals surface area contributed by atoms with Gasteiger partial charge in [0, 0.05) is 12.1 Å². The zero-order valence-corrected chi connectivity index (χ0v) is 13.9. The lowest BCUT2D eigenvalue weighted by atomic mass is 9.47. The van der Waals surface area contributed by atoms with E-state index < -0.39 is 15.8 Å². The van der Waals surface area contributed by atoms with E-state index in [9.17, 15) is 12.8 Å². The van der Waals surface area contributed by atoms with E-state index in [1.165, 1.54) is 30.7 Å². The van der Waals surface area contributed by atoms with Gasteiger partial charge in [-0.15, -0.1) is 0 Å². The van der Waals surface area contributed by atoms with Gasteiger partial charge in [-0.3, -0.25) is 0 Å². The smallest absolute Gasteiger partial charge is 0.240 e. The minimum Gasteiger partial charge on any atom is -0.325 e. The molecule has 1 aromatic rings. The molecule has 3 N–H and O–H groups in total. The van der Waals surface area contributed by atoms with Crippen molar-refractivity contribution in [2.75, 3.05) is 6.54 Å². The number of nitrogens with two attached hydrogens (primary N) is 1. The van der Waals surface area contributed by atoms with Crippen LogP contribution in [0.3, 0.4) is 0 Å². The molecular weight excluding hydrogens is 315 g/mol. The molecule has 2 atom stereocenters. The van der Waals surface area contributed by atoms with Crippen LogP contribution in [0.15, 0.2) is 29.2 Å². The van der Waals surface area contributed by atoms with E-state index in [1.54, 1.807) is 0 Å². The van der Waals surface area contributed by atoms with Gasteiger partial charge in [0.15, 0.2) is 0 Å². The summed E-state index contributed by atoms with van der Waals surface area (Å²) in [4.78, 5) is 0.117. The minimum absolute atomic E-state index is 0.00589. The third-order valence-electron chi connectivity index (χ3n) is 5.99. The molecule has 0 amide bonds. The maximum absolute atomic E-state index is 13.0. The molecule has 0 spiro atoms. The topological polar surface area (TPSA) is 72.2 Å². The number of nitrogens with one attached hydrogen (secondary N) is 1. The fraction of sp³-hybridized carbons (Fsp3) is 0.647. The molecule has 4 fully saturated rings. The molecule has 4 bridgehead atoms. The Morgan fingerprint density at radius 2 is 1.74 bits per heavy atom. The van der Waals surface area contributed by atoms with E-state index in [2.05, 4.69) is 4.72 Å². The Hall–Kier alpha value is -0.980. The average molecular weight is 338 g/mol. The second-order valence-corrected chi connectivity index (χ2v) is 9.87. The first kappa shape index (κ1) is 15.5. The molecule has 0 saturated heterocycles. The lowest BCUT2D eigenvalue weighted by molar-refractivity contribution is -0.0632. The average Bonchev–Trinajstić information content (AvgIpc) is 2.43. The van der Waals surface area contributed by atoms with Gasteiger partial charge >= 0.3 is 0 Å². The molecule has 23 heavy (non-hydrogen) atoms. The van der Waals surface area contributed by atoms with Crippen molar-refractivity contribution >= 4 is 10.0 Å². The van der Waals surface area contributed by atoms with Gasteiger partial charge < -0.3 is 5.73 Å². The Labute approximate surface area is 136 Å². The Balaban J connectivity index is 1.51. The largest absolute Gasteiger partial charge is 0.325 e. The molecular formula is C17H23FN2O2S. The maximum Gasteiger partial charge on any atom is 0.240 e. The molecule has 126 valence electrons. The van der Waals surface area contributed by atoms with Crippen LogP contribution in [0.25, 0.3) is 0 Å². The van der Waals surface area contributed by atoms with Crippen LogP contribution in [0.4, 0.5) is 4.39 Å². The number of hydrogen-bond acceptors (Lipinski definition) is 3. The Bertz CT molecular complexity index is 703. The SMILES string of the molecule is NC12CC3CC(C1)CC(CNS(=O)(=O)c1ccc(F)cc1)(C3)C2. The highest BCUT2D eigenvalue weighted by atomic mass is 32.2.